The first-order valence-corrected chi connectivity index (χ1v) is 4.70. The maximum Gasteiger partial charge on any atom is 0.267 e. The molecule has 0 aliphatic carbocycles. The molecule has 0 unspecified atom stereocenters. The van der Waals surface area contributed by atoms with E-state index in [1.165, 1.54) is 14.1 Å². The van der Waals surface area contributed by atoms with Crippen LogP contribution in [0.2, 0.25) is 0 Å². The molecule has 0 spiro atoms. The summed E-state index contributed by atoms with van der Waals surface area (Å²) in [6.07, 6.45) is 0. The largest absolute Gasteiger partial charge is 0.506 e. The molecule has 17 heavy (non-hydrogen) atoms. The van der Waals surface area contributed by atoms with E-state index in [9.17, 15) is 24.6 Å². The number of hydrogen-bond acceptors (Lipinski definition) is 5. The Morgan fingerprint density at radius 3 is 2.18 bits per heavy atom. The number of nitrogens with one attached hydrogen (secondary N) is 1. The van der Waals surface area contributed by atoms with Gasteiger partial charge < -0.3 is 15.5 Å². The zero-order valence-corrected chi connectivity index (χ0v) is 9.57. The molecule has 92 valence electrons. The van der Waals surface area contributed by atoms with Crippen LogP contribution in [0.3, 0.4) is 0 Å². The Bertz CT molecular complexity index is 559. The lowest BCUT2D eigenvalue weighted by Crippen LogP contribution is -2.28. The van der Waals surface area contributed by atoms with Crippen molar-refractivity contribution in [3.05, 3.63) is 21.5 Å². The highest BCUT2D eigenvalue weighted by atomic mass is 16.3. The van der Waals surface area contributed by atoms with E-state index in [4.69, 9.17) is 0 Å². The van der Waals surface area contributed by atoms with Crippen molar-refractivity contribution in [3.8, 4) is 11.6 Å². The summed E-state index contributed by atoms with van der Waals surface area (Å²) in [5.74, 6) is -2.99. The molecule has 0 fully saturated rings. The van der Waals surface area contributed by atoms with E-state index in [1.807, 2.05) is 0 Å². The standard InChI is InChI=1S/C10H12N2O5/c1-4(13)5-7(14)6(8(15)11-2)10(17)12(3)9(5)16/h14,17H,1-3H3,(H,11,15). The number of pyridine rings is 1. The first-order valence-electron chi connectivity index (χ1n) is 4.70. The fraction of sp³-hybridized carbons (Fsp3) is 0.300. The summed E-state index contributed by atoms with van der Waals surface area (Å²) in [6.45, 7) is 1.08. The smallest absolute Gasteiger partial charge is 0.267 e. The van der Waals surface area contributed by atoms with Crippen molar-refractivity contribution < 1.29 is 19.8 Å². The molecule has 0 bridgehead atoms. The highest BCUT2D eigenvalue weighted by molar-refractivity contribution is 6.04. The summed E-state index contributed by atoms with van der Waals surface area (Å²) in [7, 11) is 2.48. The average Bonchev–Trinajstić information content (AvgIpc) is 2.25. The molecule has 1 rings (SSSR count). The van der Waals surface area contributed by atoms with Crippen LogP contribution in [0.15, 0.2) is 4.79 Å². The fourth-order valence-electron chi connectivity index (χ4n) is 1.42. The maximum atomic E-state index is 11.6. The van der Waals surface area contributed by atoms with Crippen LogP contribution >= 0.6 is 0 Å². The number of aromatic hydroxyl groups is 2. The number of Topliss-reactive ketones (excluding diaryl/α,β-unsaturated/α-hetero) is 1. The molecular formula is C10H12N2O5. The molecule has 0 aliphatic heterocycles. The fourth-order valence-corrected chi connectivity index (χ4v) is 1.42. The second-order valence-electron chi connectivity index (χ2n) is 3.42. The van der Waals surface area contributed by atoms with Crippen molar-refractivity contribution in [1.82, 2.24) is 9.88 Å². The Kier molecular flexibility index (Phi) is 3.21. The van der Waals surface area contributed by atoms with Gasteiger partial charge in [0.15, 0.2) is 5.78 Å². The third kappa shape index (κ3) is 1.86. The van der Waals surface area contributed by atoms with Gasteiger partial charge in [-0.15, -0.1) is 0 Å². The van der Waals surface area contributed by atoms with Gasteiger partial charge in [0.1, 0.15) is 16.9 Å². The van der Waals surface area contributed by atoms with Gasteiger partial charge >= 0.3 is 0 Å². The zero-order valence-electron chi connectivity index (χ0n) is 9.57. The Morgan fingerprint density at radius 2 is 1.76 bits per heavy atom. The van der Waals surface area contributed by atoms with E-state index in [-0.39, 0.29) is 0 Å². The summed E-state index contributed by atoms with van der Waals surface area (Å²) < 4.78 is 0.723. The molecule has 3 N–H and O–H groups in total. The molecule has 1 aromatic rings. The minimum Gasteiger partial charge on any atom is -0.506 e. The highest BCUT2D eigenvalue weighted by Gasteiger charge is 2.26. The Balaban J connectivity index is 3.81. The van der Waals surface area contributed by atoms with Gasteiger partial charge in [-0.2, -0.15) is 0 Å². The van der Waals surface area contributed by atoms with Crippen molar-refractivity contribution in [2.24, 2.45) is 7.05 Å². The van der Waals surface area contributed by atoms with Gasteiger partial charge in [-0.1, -0.05) is 0 Å². The van der Waals surface area contributed by atoms with Crippen molar-refractivity contribution in [3.63, 3.8) is 0 Å². The number of hydrogen-bond donors (Lipinski definition) is 3. The Labute approximate surface area is 96.3 Å². The monoisotopic (exact) mass is 240 g/mol. The van der Waals surface area contributed by atoms with Gasteiger partial charge in [-0.3, -0.25) is 19.0 Å². The maximum absolute atomic E-state index is 11.6. The molecule has 0 radical (unpaired) electrons. The first-order chi connectivity index (χ1) is 7.82. The molecule has 7 nitrogen and oxygen atoms in total. The quantitative estimate of drug-likeness (QED) is 0.596. The van der Waals surface area contributed by atoms with E-state index >= 15 is 0 Å². The lowest BCUT2D eigenvalue weighted by atomic mass is 10.1. The molecule has 1 heterocycles. The van der Waals surface area contributed by atoms with E-state index in [2.05, 4.69) is 5.32 Å². The second kappa shape index (κ2) is 4.28. The van der Waals surface area contributed by atoms with Crippen LogP contribution in [0.25, 0.3) is 0 Å². The third-order valence-corrected chi connectivity index (χ3v) is 2.34. The van der Waals surface area contributed by atoms with Crippen molar-refractivity contribution >= 4 is 11.7 Å². The Hall–Kier alpha value is -2.31. The van der Waals surface area contributed by atoms with Crippen molar-refractivity contribution in [1.29, 1.82) is 0 Å². The number of amides is 1. The van der Waals surface area contributed by atoms with Crippen LogP contribution < -0.4 is 10.9 Å². The number of carbonyl (C=O) groups is 2. The van der Waals surface area contributed by atoms with Crippen molar-refractivity contribution in [2.45, 2.75) is 6.92 Å². The van der Waals surface area contributed by atoms with Crippen LogP contribution in [-0.4, -0.2) is 33.5 Å². The number of aromatic nitrogens is 1. The summed E-state index contributed by atoms with van der Waals surface area (Å²) >= 11 is 0. The predicted molar refractivity (Wildman–Crippen MR) is 58.4 cm³/mol. The van der Waals surface area contributed by atoms with Gasteiger partial charge in [0, 0.05) is 14.1 Å². The van der Waals surface area contributed by atoms with E-state index < -0.39 is 40.0 Å². The van der Waals surface area contributed by atoms with E-state index in [0.29, 0.717) is 0 Å². The van der Waals surface area contributed by atoms with Crippen LogP contribution in [0.4, 0.5) is 0 Å². The number of carbonyl (C=O) groups excluding carboxylic acids is 2. The van der Waals surface area contributed by atoms with Crippen LogP contribution in [0, 0.1) is 0 Å². The normalized spacial score (nSPS) is 10.1. The second-order valence-corrected chi connectivity index (χ2v) is 3.42. The molecule has 0 saturated carbocycles. The minimum atomic E-state index is -0.861. The molecule has 7 heteroatoms. The van der Waals surface area contributed by atoms with E-state index in [0.717, 1.165) is 11.5 Å². The molecule has 0 aromatic carbocycles. The number of nitrogens with zero attached hydrogens (tertiary/aromatic N) is 1. The van der Waals surface area contributed by atoms with E-state index in [1.54, 1.807) is 0 Å². The first kappa shape index (κ1) is 12.8. The molecular weight excluding hydrogens is 228 g/mol. The van der Waals surface area contributed by atoms with Gasteiger partial charge in [0.25, 0.3) is 11.5 Å². The Morgan fingerprint density at radius 1 is 1.24 bits per heavy atom. The topological polar surface area (TPSA) is 109 Å². The molecule has 0 atom stereocenters. The molecule has 1 amide bonds. The lowest BCUT2D eigenvalue weighted by Gasteiger charge is -2.12. The average molecular weight is 240 g/mol. The van der Waals surface area contributed by atoms with Gasteiger partial charge in [0.2, 0.25) is 5.88 Å². The number of ketones is 1. The predicted octanol–water partition coefficient (Wildman–Crippen LogP) is -0.641. The summed E-state index contributed by atoms with van der Waals surface area (Å²) in [5, 5.41) is 21.5. The van der Waals surface area contributed by atoms with Crippen LogP contribution in [0.5, 0.6) is 11.6 Å². The number of rotatable bonds is 2. The van der Waals surface area contributed by atoms with Gasteiger partial charge in [-0.25, -0.2) is 0 Å². The lowest BCUT2D eigenvalue weighted by molar-refractivity contribution is 0.0955. The molecule has 0 saturated heterocycles. The summed E-state index contributed by atoms with van der Waals surface area (Å²) in [5.41, 5.74) is -1.89. The molecule has 0 aliphatic rings. The SMILES string of the molecule is CNC(=O)c1c(O)c(C(C)=O)c(=O)n(C)c1O. The minimum absolute atomic E-state index is 0.500. The highest BCUT2D eigenvalue weighted by Crippen LogP contribution is 2.27. The van der Waals surface area contributed by atoms with Crippen LogP contribution in [0.1, 0.15) is 27.6 Å². The third-order valence-electron chi connectivity index (χ3n) is 2.34. The van der Waals surface area contributed by atoms with Crippen molar-refractivity contribution in [2.75, 3.05) is 7.05 Å². The zero-order chi connectivity index (χ0) is 13.3. The summed E-state index contributed by atoms with van der Waals surface area (Å²) in [4.78, 5) is 34.3. The van der Waals surface area contributed by atoms with Crippen LogP contribution in [-0.2, 0) is 7.05 Å². The van der Waals surface area contributed by atoms with Gasteiger partial charge in [0.05, 0.1) is 0 Å². The summed E-state index contributed by atoms with van der Waals surface area (Å²) in [6, 6.07) is 0. The molecule has 1 aromatic heterocycles. The van der Waals surface area contributed by atoms with Gasteiger partial charge in [-0.05, 0) is 6.92 Å².